The Bertz CT molecular complexity index is 552. The van der Waals surface area contributed by atoms with E-state index in [1.54, 1.807) is 6.07 Å². The fourth-order valence-electron chi connectivity index (χ4n) is 1.94. The molecule has 4 nitrogen and oxygen atoms in total. The summed E-state index contributed by atoms with van der Waals surface area (Å²) in [5.41, 5.74) is 1.98. The van der Waals surface area contributed by atoms with Crippen LogP contribution in [0.25, 0.3) is 0 Å². The van der Waals surface area contributed by atoms with Gasteiger partial charge in [-0.3, -0.25) is 9.48 Å². The van der Waals surface area contributed by atoms with Gasteiger partial charge in [0.05, 0.1) is 12.1 Å². The predicted octanol–water partition coefficient (Wildman–Crippen LogP) is 2.79. The lowest BCUT2D eigenvalue weighted by atomic mass is 10.1. The maximum Gasteiger partial charge on any atom is 0.203 e. The van der Waals surface area contributed by atoms with Crippen molar-refractivity contribution in [1.29, 1.82) is 0 Å². The summed E-state index contributed by atoms with van der Waals surface area (Å²) in [6.45, 7) is 6.70. The number of furan rings is 1. The van der Waals surface area contributed by atoms with Crippen molar-refractivity contribution in [1.82, 2.24) is 9.78 Å². The monoisotopic (exact) mass is 246 g/mol. The van der Waals surface area contributed by atoms with E-state index in [0.29, 0.717) is 12.2 Å². The van der Waals surface area contributed by atoms with Crippen molar-refractivity contribution in [2.45, 2.75) is 40.2 Å². The first-order valence-electron chi connectivity index (χ1n) is 6.29. The smallest absolute Gasteiger partial charge is 0.203 e. The van der Waals surface area contributed by atoms with E-state index < -0.39 is 0 Å². The van der Waals surface area contributed by atoms with E-state index in [-0.39, 0.29) is 5.78 Å². The molecule has 18 heavy (non-hydrogen) atoms. The van der Waals surface area contributed by atoms with Crippen LogP contribution >= 0.6 is 0 Å². The maximum absolute atomic E-state index is 12.1. The molecule has 0 radical (unpaired) electrons. The molecule has 0 amide bonds. The number of hydrogen-bond donors (Lipinski definition) is 0. The molecule has 4 heteroatoms. The van der Waals surface area contributed by atoms with Crippen molar-refractivity contribution in [3.8, 4) is 0 Å². The molecule has 2 aromatic heterocycles. The maximum atomic E-state index is 12.1. The van der Waals surface area contributed by atoms with Crippen LogP contribution in [0.2, 0.25) is 0 Å². The van der Waals surface area contributed by atoms with Crippen LogP contribution in [0.1, 0.15) is 41.6 Å². The Hall–Kier alpha value is -1.84. The van der Waals surface area contributed by atoms with E-state index in [4.69, 9.17) is 4.42 Å². The molecule has 0 saturated heterocycles. The quantitative estimate of drug-likeness (QED) is 0.762. The van der Waals surface area contributed by atoms with Gasteiger partial charge in [-0.15, -0.1) is 0 Å². The first kappa shape index (κ1) is 12.6. The number of aryl methyl sites for hydroxylation is 3. The number of aromatic nitrogens is 2. The Morgan fingerprint density at radius 3 is 2.72 bits per heavy atom. The summed E-state index contributed by atoms with van der Waals surface area (Å²) in [7, 11) is 0. The minimum atomic E-state index is 0.000327. The first-order valence-corrected chi connectivity index (χ1v) is 6.29. The number of hydrogen-bond acceptors (Lipinski definition) is 3. The summed E-state index contributed by atoms with van der Waals surface area (Å²) in [5.74, 6) is 1.19. The summed E-state index contributed by atoms with van der Waals surface area (Å²) >= 11 is 0. The Morgan fingerprint density at radius 1 is 1.39 bits per heavy atom. The zero-order valence-electron chi connectivity index (χ0n) is 11.1. The first-order chi connectivity index (χ1) is 8.63. The molecule has 96 valence electrons. The highest BCUT2D eigenvalue weighted by Gasteiger charge is 2.14. The van der Waals surface area contributed by atoms with Crippen molar-refractivity contribution in [3.63, 3.8) is 0 Å². The minimum Gasteiger partial charge on any atom is -0.458 e. The molecule has 2 aromatic rings. The molecule has 0 fully saturated rings. The van der Waals surface area contributed by atoms with Crippen LogP contribution in [0.5, 0.6) is 0 Å². The fraction of sp³-hybridized carbons (Fsp3) is 0.429. The summed E-state index contributed by atoms with van der Waals surface area (Å²) in [4.78, 5) is 12.1. The predicted molar refractivity (Wildman–Crippen MR) is 68.8 cm³/mol. The molecule has 0 saturated carbocycles. The lowest BCUT2D eigenvalue weighted by Crippen LogP contribution is -2.09. The number of ketones is 1. The van der Waals surface area contributed by atoms with Crippen LogP contribution in [-0.4, -0.2) is 15.6 Å². The van der Waals surface area contributed by atoms with Crippen LogP contribution in [0.3, 0.4) is 0 Å². The molecular formula is C14H18N2O2. The molecule has 0 aromatic carbocycles. The Kier molecular flexibility index (Phi) is 3.65. The highest BCUT2D eigenvalue weighted by molar-refractivity contribution is 5.94. The average Bonchev–Trinajstić information content (AvgIpc) is 2.95. The molecule has 0 atom stereocenters. The molecule has 0 aliphatic carbocycles. The molecule has 2 rings (SSSR count). The number of Topliss-reactive ketones (excluding diaryl/α,β-unsaturated/α-hetero) is 1. The summed E-state index contributed by atoms with van der Waals surface area (Å²) < 4.78 is 7.23. The molecule has 0 unspecified atom stereocenters. The van der Waals surface area contributed by atoms with Gasteiger partial charge in [0.2, 0.25) is 5.78 Å². The van der Waals surface area contributed by atoms with Gasteiger partial charge in [-0.25, -0.2) is 0 Å². The van der Waals surface area contributed by atoms with E-state index in [1.165, 1.54) is 0 Å². The topological polar surface area (TPSA) is 48.0 Å². The van der Waals surface area contributed by atoms with Gasteiger partial charge in [0.1, 0.15) is 5.76 Å². The molecule has 0 aliphatic rings. The molecule has 2 heterocycles. The average molecular weight is 246 g/mol. The largest absolute Gasteiger partial charge is 0.458 e. The van der Waals surface area contributed by atoms with Crippen molar-refractivity contribution in [2.75, 3.05) is 0 Å². The van der Waals surface area contributed by atoms with Gasteiger partial charge < -0.3 is 4.42 Å². The van der Waals surface area contributed by atoms with Crippen molar-refractivity contribution in [3.05, 3.63) is 41.1 Å². The van der Waals surface area contributed by atoms with Crippen LogP contribution in [0.4, 0.5) is 0 Å². The third-order valence-electron chi connectivity index (χ3n) is 2.93. The number of carbonyl (C=O) groups excluding carboxylic acids is 1. The summed E-state index contributed by atoms with van der Waals surface area (Å²) in [5, 5.41) is 4.43. The van der Waals surface area contributed by atoms with Crippen LogP contribution in [0.15, 0.2) is 22.6 Å². The van der Waals surface area contributed by atoms with E-state index in [1.807, 2.05) is 30.7 Å². The highest BCUT2D eigenvalue weighted by Crippen LogP contribution is 2.12. The number of rotatable bonds is 5. The van der Waals surface area contributed by atoms with E-state index in [0.717, 1.165) is 30.1 Å². The summed E-state index contributed by atoms with van der Waals surface area (Å²) in [6, 6.07) is 5.53. The van der Waals surface area contributed by atoms with E-state index in [9.17, 15) is 4.79 Å². The second kappa shape index (κ2) is 5.21. The SMILES string of the molecule is CCc1cc(CC(=O)c2ccc(C)o2)n(CC)n1. The van der Waals surface area contributed by atoms with Gasteiger partial charge in [-0.05, 0) is 38.5 Å². The Balaban J connectivity index is 2.18. The van der Waals surface area contributed by atoms with E-state index in [2.05, 4.69) is 12.0 Å². The standard InChI is InChI=1S/C14H18N2O2/c1-4-11-8-12(16(5-2)15-11)9-13(17)14-7-6-10(3)18-14/h6-8H,4-5,9H2,1-3H3. The Morgan fingerprint density at radius 2 is 2.17 bits per heavy atom. The van der Waals surface area contributed by atoms with Gasteiger partial charge >= 0.3 is 0 Å². The number of carbonyl (C=O) groups is 1. The van der Waals surface area contributed by atoms with Crippen molar-refractivity contribution >= 4 is 5.78 Å². The molecule has 0 N–H and O–H groups in total. The third-order valence-corrected chi connectivity index (χ3v) is 2.93. The van der Waals surface area contributed by atoms with Crippen molar-refractivity contribution < 1.29 is 9.21 Å². The lowest BCUT2D eigenvalue weighted by Gasteiger charge is -2.02. The fourth-order valence-corrected chi connectivity index (χ4v) is 1.94. The van der Waals surface area contributed by atoms with Crippen LogP contribution < -0.4 is 0 Å². The summed E-state index contributed by atoms with van der Waals surface area (Å²) in [6.07, 6.45) is 1.22. The molecule has 0 aliphatic heterocycles. The molecular weight excluding hydrogens is 228 g/mol. The van der Waals surface area contributed by atoms with Crippen LogP contribution in [0, 0.1) is 6.92 Å². The van der Waals surface area contributed by atoms with Gasteiger partial charge in [0.15, 0.2) is 5.76 Å². The van der Waals surface area contributed by atoms with Gasteiger partial charge in [-0.2, -0.15) is 5.10 Å². The minimum absolute atomic E-state index is 0.000327. The van der Waals surface area contributed by atoms with Crippen molar-refractivity contribution in [2.24, 2.45) is 0 Å². The molecule has 0 spiro atoms. The third kappa shape index (κ3) is 2.53. The highest BCUT2D eigenvalue weighted by atomic mass is 16.3. The second-order valence-electron chi connectivity index (χ2n) is 4.31. The second-order valence-corrected chi connectivity index (χ2v) is 4.31. The van der Waals surface area contributed by atoms with Gasteiger partial charge in [0, 0.05) is 12.2 Å². The molecule has 0 bridgehead atoms. The zero-order valence-corrected chi connectivity index (χ0v) is 11.1. The normalized spacial score (nSPS) is 10.8. The van der Waals surface area contributed by atoms with Gasteiger partial charge in [0.25, 0.3) is 0 Å². The Labute approximate surface area is 107 Å². The van der Waals surface area contributed by atoms with E-state index >= 15 is 0 Å². The zero-order chi connectivity index (χ0) is 13.1. The van der Waals surface area contributed by atoms with Gasteiger partial charge in [-0.1, -0.05) is 6.92 Å². The number of nitrogens with zero attached hydrogens (tertiary/aromatic N) is 2. The van der Waals surface area contributed by atoms with Crippen LogP contribution in [-0.2, 0) is 19.4 Å². The lowest BCUT2D eigenvalue weighted by molar-refractivity contribution is 0.0962.